The lowest BCUT2D eigenvalue weighted by Gasteiger charge is -2.20. The molecule has 6 heteroatoms. The number of carbonyl (C=O) groups excluding carboxylic acids is 1. The van der Waals surface area contributed by atoms with Gasteiger partial charge >= 0.3 is 0 Å². The number of hydrogen-bond donors (Lipinski definition) is 0. The fourth-order valence-electron chi connectivity index (χ4n) is 3.13. The van der Waals surface area contributed by atoms with E-state index in [1.54, 1.807) is 36.3 Å². The maximum Gasteiger partial charge on any atom is 0.254 e. The number of methoxy groups -OCH3 is 1. The van der Waals surface area contributed by atoms with E-state index in [0.29, 0.717) is 24.3 Å². The molecular formula is C19H21NO4S. The van der Waals surface area contributed by atoms with Gasteiger partial charge in [-0.3, -0.25) is 4.79 Å². The monoisotopic (exact) mass is 359 g/mol. The zero-order valence-electron chi connectivity index (χ0n) is 14.1. The highest BCUT2D eigenvalue weighted by Gasteiger charge is 2.32. The lowest BCUT2D eigenvalue weighted by molar-refractivity contribution is 0.0766. The molecule has 3 rings (SSSR count). The van der Waals surface area contributed by atoms with E-state index in [9.17, 15) is 13.2 Å². The van der Waals surface area contributed by atoms with E-state index in [1.807, 2.05) is 30.3 Å². The van der Waals surface area contributed by atoms with Gasteiger partial charge in [-0.1, -0.05) is 36.4 Å². The summed E-state index contributed by atoms with van der Waals surface area (Å²) in [6.07, 6.45) is 0.405. The summed E-state index contributed by atoms with van der Waals surface area (Å²) in [5, 5.41) is -0.559. The van der Waals surface area contributed by atoms with Gasteiger partial charge in [0.25, 0.3) is 5.91 Å². The Morgan fingerprint density at radius 2 is 1.84 bits per heavy atom. The molecule has 1 aliphatic rings. The number of benzene rings is 2. The number of amides is 1. The van der Waals surface area contributed by atoms with Crippen LogP contribution >= 0.6 is 0 Å². The first-order chi connectivity index (χ1) is 12.0. The van der Waals surface area contributed by atoms with Crippen molar-refractivity contribution in [1.29, 1.82) is 0 Å². The van der Waals surface area contributed by atoms with E-state index < -0.39 is 15.1 Å². The van der Waals surface area contributed by atoms with E-state index in [1.165, 1.54) is 0 Å². The van der Waals surface area contributed by atoms with Crippen molar-refractivity contribution in [2.75, 3.05) is 26.0 Å². The Hall–Kier alpha value is -2.34. The Kier molecular flexibility index (Phi) is 5.08. The second-order valence-electron chi connectivity index (χ2n) is 6.08. The van der Waals surface area contributed by atoms with E-state index in [4.69, 9.17) is 4.74 Å². The van der Waals surface area contributed by atoms with Gasteiger partial charge in [0, 0.05) is 18.7 Å². The van der Waals surface area contributed by atoms with Crippen LogP contribution in [-0.4, -0.2) is 45.2 Å². The van der Waals surface area contributed by atoms with E-state index in [-0.39, 0.29) is 18.2 Å². The van der Waals surface area contributed by atoms with Gasteiger partial charge in [0.05, 0.1) is 18.1 Å². The molecule has 132 valence electrons. The number of nitrogens with zero attached hydrogens (tertiary/aromatic N) is 1. The summed E-state index contributed by atoms with van der Waals surface area (Å²) < 4.78 is 30.5. The van der Waals surface area contributed by atoms with Crippen LogP contribution in [0.25, 0.3) is 0 Å². The van der Waals surface area contributed by atoms with Gasteiger partial charge < -0.3 is 9.64 Å². The Bertz CT molecular complexity index is 849. The maximum absolute atomic E-state index is 12.8. The van der Waals surface area contributed by atoms with Gasteiger partial charge in [0.2, 0.25) is 0 Å². The fourth-order valence-corrected chi connectivity index (χ4v) is 4.92. The van der Waals surface area contributed by atoms with Gasteiger partial charge in [-0.2, -0.15) is 0 Å². The lowest BCUT2D eigenvalue weighted by Crippen LogP contribution is -2.33. The third kappa shape index (κ3) is 3.85. The predicted molar refractivity (Wildman–Crippen MR) is 96.5 cm³/mol. The normalized spacial score (nSPS) is 19.9. The van der Waals surface area contributed by atoms with Crippen molar-refractivity contribution in [2.45, 2.75) is 11.7 Å². The van der Waals surface area contributed by atoms with Crippen LogP contribution < -0.4 is 4.74 Å². The lowest BCUT2D eigenvalue weighted by atomic mass is 10.1. The molecular weight excluding hydrogens is 338 g/mol. The van der Waals surface area contributed by atoms with Gasteiger partial charge in [-0.15, -0.1) is 0 Å². The summed E-state index contributed by atoms with van der Waals surface area (Å²) in [6, 6.07) is 16.1. The van der Waals surface area contributed by atoms with Crippen molar-refractivity contribution in [3.63, 3.8) is 0 Å². The molecule has 0 bridgehead atoms. The van der Waals surface area contributed by atoms with Crippen molar-refractivity contribution in [1.82, 2.24) is 4.90 Å². The summed E-state index contributed by atoms with van der Waals surface area (Å²) in [6.45, 7) is 0.622. The highest BCUT2D eigenvalue weighted by Crippen LogP contribution is 2.29. The first kappa shape index (κ1) is 17.5. The number of carbonyl (C=O) groups is 1. The molecule has 2 aromatic carbocycles. The van der Waals surface area contributed by atoms with Crippen molar-refractivity contribution in [3.8, 4) is 5.75 Å². The Morgan fingerprint density at radius 1 is 1.08 bits per heavy atom. The van der Waals surface area contributed by atoms with Crippen LogP contribution in [0.15, 0.2) is 54.6 Å². The highest BCUT2D eigenvalue weighted by atomic mass is 32.2. The largest absolute Gasteiger partial charge is 0.497 e. The topological polar surface area (TPSA) is 63.7 Å². The quantitative estimate of drug-likeness (QED) is 0.845. The van der Waals surface area contributed by atoms with Crippen LogP contribution in [0.3, 0.4) is 0 Å². The molecule has 0 radical (unpaired) electrons. The van der Waals surface area contributed by atoms with Crippen LogP contribution in [0, 0.1) is 0 Å². The molecule has 1 heterocycles. The first-order valence-electron chi connectivity index (χ1n) is 8.21. The maximum atomic E-state index is 12.8. The van der Waals surface area contributed by atoms with Crippen LogP contribution in [0.4, 0.5) is 0 Å². The van der Waals surface area contributed by atoms with E-state index in [0.717, 1.165) is 5.56 Å². The molecule has 0 N–H and O–H groups in total. The molecule has 1 amide bonds. The minimum atomic E-state index is -3.29. The van der Waals surface area contributed by atoms with Gasteiger partial charge in [-0.05, 0) is 30.2 Å². The minimum Gasteiger partial charge on any atom is -0.497 e. The molecule has 0 spiro atoms. The summed E-state index contributed by atoms with van der Waals surface area (Å²) >= 11 is 0. The molecule has 0 saturated carbocycles. The van der Waals surface area contributed by atoms with Crippen LogP contribution in [-0.2, 0) is 9.84 Å². The highest BCUT2D eigenvalue weighted by molar-refractivity contribution is 7.91. The average Bonchev–Trinajstić information content (AvgIpc) is 2.80. The molecule has 1 atom stereocenters. The Balaban J connectivity index is 1.81. The number of hydrogen-bond acceptors (Lipinski definition) is 4. The third-order valence-corrected chi connectivity index (χ3v) is 6.64. The van der Waals surface area contributed by atoms with Crippen LogP contribution in [0.2, 0.25) is 0 Å². The van der Waals surface area contributed by atoms with Crippen LogP contribution in [0.5, 0.6) is 5.75 Å². The van der Waals surface area contributed by atoms with Crippen molar-refractivity contribution in [2.24, 2.45) is 0 Å². The minimum absolute atomic E-state index is 0.0255. The summed E-state index contributed by atoms with van der Waals surface area (Å²) in [5.74, 6) is 0.417. The molecule has 0 aliphatic carbocycles. The fraction of sp³-hybridized carbons (Fsp3) is 0.316. The zero-order chi connectivity index (χ0) is 17.9. The third-order valence-electron chi connectivity index (χ3n) is 4.52. The predicted octanol–water partition coefficient (Wildman–Crippen LogP) is 2.70. The standard InChI is InChI=1S/C19H21NO4S/c1-24-17-9-5-8-16(14-17)19(21)20-11-10-18(25(22,23)13-12-20)15-6-3-2-4-7-15/h2-9,14,18H,10-13H2,1H3. The molecule has 0 aromatic heterocycles. The van der Waals surface area contributed by atoms with Gasteiger partial charge in [0.15, 0.2) is 9.84 Å². The van der Waals surface area contributed by atoms with Gasteiger partial charge in [0.1, 0.15) is 5.75 Å². The van der Waals surface area contributed by atoms with E-state index >= 15 is 0 Å². The van der Waals surface area contributed by atoms with Crippen molar-refractivity contribution in [3.05, 3.63) is 65.7 Å². The molecule has 25 heavy (non-hydrogen) atoms. The number of rotatable bonds is 3. The SMILES string of the molecule is COc1cccc(C(=O)N2CCC(c3ccccc3)S(=O)(=O)CC2)c1. The summed E-state index contributed by atoms with van der Waals surface area (Å²) in [7, 11) is -1.74. The second-order valence-corrected chi connectivity index (χ2v) is 8.38. The van der Waals surface area contributed by atoms with Crippen LogP contribution in [0.1, 0.15) is 27.6 Å². The van der Waals surface area contributed by atoms with E-state index in [2.05, 4.69) is 0 Å². The molecule has 1 aliphatic heterocycles. The van der Waals surface area contributed by atoms with Crippen molar-refractivity contribution < 1.29 is 17.9 Å². The average molecular weight is 359 g/mol. The smallest absolute Gasteiger partial charge is 0.254 e. The molecule has 2 aromatic rings. The Morgan fingerprint density at radius 3 is 2.56 bits per heavy atom. The molecule has 1 saturated heterocycles. The molecule has 1 unspecified atom stereocenters. The Labute approximate surface area is 148 Å². The summed E-state index contributed by atoms with van der Waals surface area (Å²) in [5.41, 5.74) is 1.30. The summed E-state index contributed by atoms with van der Waals surface area (Å²) in [4.78, 5) is 14.4. The number of ether oxygens (including phenoxy) is 1. The van der Waals surface area contributed by atoms with Gasteiger partial charge in [-0.25, -0.2) is 8.42 Å². The molecule has 5 nitrogen and oxygen atoms in total. The second kappa shape index (κ2) is 7.27. The van der Waals surface area contributed by atoms with Crippen molar-refractivity contribution >= 4 is 15.7 Å². The zero-order valence-corrected chi connectivity index (χ0v) is 14.9. The molecule has 1 fully saturated rings. The first-order valence-corrected chi connectivity index (χ1v) is 9.92. The number of sulfone groups is 1.